The highest BCUT2D eigenvalue weighted by atomic mass is 16.5. The highest BCUT2D eigenvalue weighted by Crippen LogP contribution is 2.20. The topological polar surface area (TPSA) is 96.4 Å². The average Bonchev–Trinajstić information content (AvgIpc) is 2.37. The van der Waals surface area contributed by atoms with Crippen LogP contribution in [-0.4, -0.2) is 79.4 Å². The van der Waals surface area contributed by atoms with Crippen LogP contribution >= 0.6 is 0 Å². The third kappa shape index (κ3) is 5.58. The van der Waals surface area contributed by atoms with Crippen molar-refractivity contribution in [2.45, 2.75) is 13.3 Å². The number of carbonyl (C=O) groups is 3. The van der Waals surface area contributed by atoms with Gasteiger partial charge >= 0.3 is 18.0 Å². The van der Waals surface area contributed by atoms with Gasteiger partial charge in [0, 0.05) is 32.7 Å². The van der Waals surface area contributed by atoms with Crippen molar-refractivity contribution in [1.82, 2.24) is 9.80 Å². The molecule has 0 aromatic carbocycles. The fraction of sp³-hybridized carbons (Fsp3) is 0.769. The summed E-state index contributed by atoms with van der Waals surface area (Å²) < 4.78 is 9.76. The van der Waals surface area contributed by atoms with Gasteiger partial charge in [-0.2, -0.15) is 0 Å². The Morgan fingerprint density at radius 2 is 2.00 bits per heavy atom. The summed E-state index contributed by atoms with van der Waals surface area (Å²) in [5, 5.41) is 8.69. The number of carboxylic acid groups (broad SMARTS) is 1. The summed E-state index contributed by atoms with van der Waals surface area (Å²) in [6.07, 6.45) is 0.0553. The van der Waals surface area contributed by atoms with Gasteiger partial charge in [-0.05, 0) is 6.92 Å². The molecule has 1 aliphatic rings. The first-order valence-corrected chi connectivity index (χ1v) is 6.88. The number of carboxylic acids is 1. The summed E-state index contributed by atoms with van der Waals surface area (Å²) in [6.45, 7) is 3.23. The number of carbonyl (C=O) groups excluding carboxylic acids is 2. The van der Waals surface area contributed by atoms with Gasteiger partial charge in [0.05, 0.1) is 19.6 Å². The summed E-state index contributed by atoms with van der Waals surface area (Å²) in [5.41, 5.74) is 0. The summed E-state index contributed by atoms with van der Waals surface area (Å²) in [4.78, 5) is 37.2. The SMILES string of the molecule is CCOC(=O)CN(CCOC)C(=O)N1CC(CC(=O)O)C1. The number of hydrogen-bond acceptors (Lipinski definition) is 5. The van der Waals surface area contributed by atoms with Crippen LogP contribution in [0.5, 0.6) is 0 Å². The molecule has 120 valence electrons. The van der Waals surface area contributed by atoms with Crippen LogP contribution in [0.25, 0.3) is 0 Å². The molecule has 1 heterocycles. The number of rotatable bonds is 8. The van der Waals surface area contributed by atoms with Crippen LogP contribution in [0.15, 0.2) is 0 Å². The molecule has 0 saturated carbocycles. The van der Waals surface area contributed by atoms with Gasteiger partial charge in [-0.15, -0.1) is 0 Å². The number of hydrogen-bond donors (Lipinski definition) is 1. The predicted molar refractivity (Wildman–Crippen MR) is 72.8 cm³/mol. The van der Waals surface area contributed by atoms with Gasteiger partial charge in [-0.3, -0.25) is 9.59 Å². The quantitative estimate of drug-likeness (QED) is 0.635. The minimum absolute atomic E-state index is 0.0154. The van der Waals surface area contributed by atoms with Crippen LogP contribution < -0.4 is 0 Å². The third-order valence-corrected chi connectivity index (χ3v) is 3.15. The summed E-state index contributed by atoms with van der Waals surface area (Å²) in [7, 11) is 1.51. The standard InChI is InChI=1S/C13H22N2O6/c1-3-21-12(18)9-14(4-5-20-2)13(19)15-7-10(8-15)6-11(16)17/h10H,3-9H2,1-2H3,(H,16,17). The van der Waals surface area contributed by atoms with Gasteiger partial charge in [-0.1, -0.05) is 0 Å². The molecule has 8 heteroatoms. The Morgan fingerprint density at radius 3 is 2.52 bits per heavy atom. The van der Waals surface area contributed by atoms with Crippen molar-refractivity contribution < 1.29 is 29.0 Å². The Hall–Kier alpha value is -1.83. The van der Waals surface area contributed by atoms with E-state index in [4.69, 9.17) is 14.6 Å². The number of aliphatic carboxylic acids is 1. The van der Waals surface area contributed by atoms with Gasteiger partial charge in [0.25, 0.3) is 0 Å². The molecule has 21 heavy (non-hydrogen) atoms. The number of likely N-dealkylation sites (tertiary alicyclic amines) is 1. The minimum Gasteiger partial charge on any atom is -0.481 e. The summed E-state index contributed by atoms with van der Waals surface area (Å²) >= 11 is 0. The van der Waals surface area contributed by atoms with Crippen molar-refractivity contribution in [2.24, 2.45) is 5.92 Å². The molecule has 1 aliphatic heterocycles. The lowest BCUT2D eigenvalue weighted by Crippen LogP contribution is -2.56. The second kappa shape index (κ2) is 8.46. The van der Waals surface area contributed by atoms with E-state index in [-0.39, 0.29) is 38.1 Å². The van der Waals surface area contributed by atoms with Crippen molar-refractivity contribution in [3.63, 3.8) is 0 Å². The van der Waals surface area contributed by atoms with E-state index in [0.717, 1.165) is 0 Å². The monoisotopic (exact) mass is 302 g/mol. The molecule has 8 nitrogen and oxygen atoms in total. The molecule has 0 unspecified atom stereocenters. The predicted octanol–water partition coefficient (Wildman–Crippen LogP) is 0.0244. The van der Waals surface area contributed by atoms with E-state index in [1.807, 2.05) is 0 Å². The molecule has 1 saturated heterocycles. The molecule has 2 amide bonds. The second-order valence-electron chi connectivity index (χ2n) is 4.87. The van der Waals surface area contributed by atoms with Crippen LogP contribution in [-0.2, 0) is 19.1 Å². The van der Waals surface area contributed by atoms with E-state index in [1.54, 1.807) is 6.92 Å². The molecule has 0 aromatic heterocycles. The van der Waals surface area contributed by atoms with E-state index in [2.05, 4.69) is 0 Å². The zero-order valence-electron chi connectivity index (χ0n) is 12.4. The minimum atomic E-state index is -0.866. The lowest BCUT2D eigenvalue weighted by Gasteiger charge is -2.41. The Bertz CT molecular complexity index is 381. The highest BCUT2D eigenvalue weighted by molar-refractivity contribution is 5.81. The van der Waals surface area contributed by atoms with E-state index in [1.165, 1.54) is 16.9 Å². The van der Waals surface area contributed by atoms with Crippen LogP contribution in [0, 0.1) is 5.92 Å². The number of urea groups is 1. The van der Waals surface area contributed by atoms with E-state index >= 15 is 0 Å². The Kier molecular flexibility index (Phi) is 6.93. The smallest absolute Gasteiger partial charge is 0.325 e. The fourth-order valence-corrected chi connectivity index (χ4v) is 2.11. The average molecular weight is 302 g/mol. The van der Waals surface area contributed by atoms with Gasteiger partial charge in [0.1, 0.15) is 6.54 Å². The number of amides is 2. The van der Waals surface area contributed by atoms with Crippen LogP contribution in [0.2, 0.25) is 0 Å². The molecule has 1 N–H and O–H groups in total. The van der Waals surface area contributed by atoms with Crippen LogP contribution in [0.1, 0.15) is 13.3 Å². The van der Waals surface area contributed by atoms with Gasteiger partial charge < -0.3 is 24.4 Å². The number of ether oxygens (including phenoxy) is 2. The first kappa shape index (κ1) is 17.2. The maximum absolute atomic E-state index is 12.2. The van der Waals surface area contributed by atoms with Gasteiger partial charge in [-0.25, -0.2) is 4.79 Å². The van der Waals surface area contributed by atoms with E-state index in [0.29, 0.717) is 19.7 Å². The Labute approximate surface area is 123 Å². The molecular formula is C13H22N2O6. The normalized spacial score (nSPS) is 14.5. The maximum atomic E-state index is 12.2. The molecule has 0 radical (unpaired) electrons. The molecule has 0 aromatic rings. The first-order valence-electron chi connectivity index (χ1n) is 6.88. The third-order valence-electron chi connectivity index (χ3n) is 3.15. The molecule has 0 bridgehead atoms. The number of methoxy groups -OCH3 is 1. The molecule has 0 spiro atoms. The summed E-state index contributed by atoms with van der Waals surface area (Å²) in [5.74, 6) is -1.35. The van der Waals surface area contributed by atoms with E-state index < -0.39 is 11.9 Å². The highest BCUT2D eigenvalue weighted by Gasteiger charge is 2.34. The van der Waals surface area contributed by atoms with E-state index in [9.17, 15) is 14.4 Å². The van der Waals surface area contributed by atoms with Gasteiger partial charge in [0.15, 0.2) is 0 Å². The van der Waals surface area contributed by atoms with Crippen molar-refractivity contribution >= 4 is 18.0 Å². The fourth-order valence-electron chi connectivity index (χ4n) is 2.11. The zero-order valence-corrected chi connectivity index (χ0v) is 12.4. The van der Waals surface area contributed by atoms with Gasteiger partial charge in [0.2, 0.25) is 0 Å². The van der Waals surface area contributed by atoms with Crippen molar-refractivity contribution in [1.29, 1.82) is 0 Å². The summed E-state index contributed by atoms with van der Waals surface area (Å²) in [6, 6.07) is -0.290. The van der Waals surface area contributed by atoms with Crippen LogP contribution in [0.4, 0.5) is 4.79 Å². The largest absolute Gasteiger partial charge is 0.481 e. The van der Waals surface area contributed by atoms with Crippen LogP contribution in [0.3, 0.4) is 0 Å². The molecule has 1 rings (SSSR count). The Morgan fingerprint density at radius 1 is 1.33 bits per heavy atom. The molecule has 0 atom stereocenters. The molecule has 1 fully saturated rings. The number of esters is 1. The zero-order chi connectivity index (χ0) is 15.8. The maximum Gasteiger partial charge on any atom is 0.325 e. The number of nitrogens with zero attached hydrogens (tertiary/aromatic N) is 2. The van der Waals surface area contributed by atoms with Crippen molar-refractivity contribution in [3.8, 4) is 0 Å². The lowest BCUT2D eigenvalue weighted by molar-refractivity contribution is -0.144. The lowest BCUT2D eigenvalue weighted by atomic mass is 9.97. The second-order valence-corrected chi connectivity index (χ2v) is 4.87. The van der Waals surface area contributed by atoms with Crippen molar-refractivity contribution in [3.05, 3.63) is 0 Å². The Balaban J connectivity index is 2.48. The molecular weight excluding hydrogens is 280 g/mol. The first-order chi connectivity index (χ1) is 9.97. The van der Waals surface area contributed by atoms with Crippen molar-refractivity contribution in [2.75, 3.05) is 46.5 Å². The molecule has 0 aliphatic carbocycles.